The van der Waals surface area contributed by atoms with Crippen LogP contribution in [0, 0.1) is 0 Å². The van der Waals surface area contributed by atoms with Crippen molar-refractivity contribution in [2.75, 3.05) is 14.2 Å². The van der Waals surface area contributed by atoms with Crippen LogP contribution in [0.15, 0.2) is 102 Å². The SMILES string of the molecule is COc1c2ccccc2c(OC)c2cc(S(=O)(=O)O)ccc12.ClCc1c2ccccc2cc2ccccc12.[Na]. The first-order valence-corrected chi connectivity index (χ1v) is 13.8. The molecule has 0 aliphatic rings. The normalized spacial score (nSPS) is 11.2. The smallest absolute Gasteiger partial charge is 0.294 e. The number of ether oxygens (including phenoxy) is 2. The largest absolute Gasteiger partial charge is 0.495 e. The molecule has 0 unspecified atom stereocenters. The number of hydrogen-bond acceptors (Lipinski definition) is 4. The molecule has 0 spiro atoms. The molecule has 193 valence electrons. The van der Waals surface area contributed by atoms with Gasteiger partial charge in [0.05, 0.1) is 19.1 Å². The molecule has 0 saturated heterocycles. The molecule has 0 heterocycles. The van der Waals surface area contributed by atoms with E-state index in [1.54, 1.807) is 13.2 Å². The Hall–Kier alpha value is -2.84. The minimum atomic E-state index is -4.29. The van der Waals surface area contributed by atoms with E-state index in [0.717, 1.165) is 10.8 Å². The van der Waals surface area contributed by atoms with Gasteiger partial charge in [0.25, 0.3) is 10.1 Å². The van der Waals surface area contributed by atoms with Gasteiger partial charge in [-0.25, -0.2) is 0 Å². The van der Waals surface area contributed by atoms with Crippen molar-refractivity contribution >= 4 is 94.4 Å². The van der Waals surface area contributed by atoms with Crippen LogP contribution < -0.4 is 9.47 Å². The summed E-state index contributed by atoms with van der Waals surface area (Å²) in [4.78, 5) is -0.185. The Kier molecular flexibility index (Phi) is 9.07. The van der Waals surface area contributed by atoms with Crippen LogP contribution in [0.1, 0.15) is 5.56 Å². The molecule has 0 fully saturated rings. The standard InChI is InChI=1S/C16H14O5S.C15H11Cl.Na/c1-20-15-11-5-3-4-6-12(11)16(21-2)14-9-10(22(17,18)19)7-8-13(14)15;16-10-15-13-7-3-1-5-11(13)9-12-6-2-4-8-14(12)15;/h3-9H,1-2H3,(H,17,18,19);1-9H,10H2;. The summed E-state index contributed by atoms with van der Waals surface area (Å²) >= 11 is 6.08. The summed E-state index contributed by atoms with van der Waals surface area (Å²) in [7, 11) is -1.21. The molecule has 6 rings (SSSR count). The second-order valence-corrected chi connectivity index (χ2v) is 10.4. The maximum Gasteiger partial charge on any atom is 0.294 e. The van der Waals surface area contributed by atoms with Crippen molar-refractivity contribution in [3.05, 3.63) is 103 Å². The first-order valence-electron chi connectivity index (χ1n) is 11.9. The maximum absolute atomic E-state index is 11.4. The molecule has 1 radical (unpaired) electrons. The molecule has 0 aromatic heterocycles. The molecule has 0 saturated carbocycles. The van der Waals surface area contributed by atoms with Crippen LogP contribution >= 0.6 is 11.6 Å². The van der Waals surface area contributed by atoms with E-state index in [1.165, 1.54) is 46.4 Å². The third-order valence-corrected chi connectivity index (χ3v) is 7.74. The molecule has 0 amide bonds. The third kappa shape index (κ3) is 5.59. The van der Waals surface area contributed by atoms with Gasteiger partial charge in [0.15, 0.2) is 0 Å². The van der Waals surface area contributed by atoms with E-state index in [-0.39, 0.29) is 34.5 Å². The van der Waals surface area contributed by atoms with Crippen molar-refractivity contribution in [2.24, 2.45) is 0 Å². The van der Waals surface area contributed by atoms with E-state index in [9.17, 15) is 13.0 Å². The first-order chi connectivity index (χ1) is 18.4. The number of hydrogen-bond donors (Lipinski definition) is 1. The number of rotatable bonds is 4. The van der Waals surface area contributed by atoms with Crippen LogP contribution in [-0.2, 0) is 16.0 Å². The van der Waals surface area contributed by atoms with Gasteiger partial charge in [-0.3, -0.25) is 4.55 Å². The molecular formula is C31H25ClNaO5S. The summed E-state index contributed by atoms with van der Waals surface area (Å²) in [6.07, 6.45) is 0. The average Bonchev–Trinajstić information content (AvgIpc) is 2.94. The molecular weight excluding hydrogens is 543 g/mol. The fourth-order valence-corrected chi connectivity index (χ4v) is 5.73. The summed E-state index contributed by atoms with van der Waals surface area (Å²) in [5.41, 5.74) is 1.23. The minimum absolute atomic E-state index is 0. The van der Waals surface area contributed by atoms with Crippen LogP contribution in [0.4, 0.5) is 0 Å². The zero-order chi connectivity index (χ0) is 26.9. The van der Waals surface area contributed by atoms with Gasteiger partial charge >= 0.3 is 0 Å². The van der Waals surface area contributed by atoms with Crippen molar-refractivity contribution in [3.63, 3.8) is 0 Å². The van der Waals surface area contributed by atoms with Gasteiger partial charge in [-0.1, -0.05) is 72.8 Å². The molecule has 0 aliphatic heterocycles. The number of halogens is 1. The molecule has 6 aromatic carbocycles. The molecule has 6 aromatic rings. The first kappa shape index (κ1) is 29.2. The van der Waals surface area contributed by atoms with E-state index in [4.69, 9.17) is 21.1 Å². The van der Waals surface area contributed by atoms with Gasteiger partial charge < -0.3 is 9.47 Å². The molecule has 5 nitrogen and oxygen atoms in total. The van der Waals surface area contributed by atoms with Crippen LogP contribution in [0.5, 0.6) is 11.5 Å². The zero-order valence-electron chi connectivity index (χ0n) is 21.8. The van der Waals surface area contributed by atoms with Gasteiger partial charge in [-0.15, -0.1) is 11.6 Å². The van der Waals surface area contributed by atoms with E-state index >= 15 is 0 Å². The summed E-state index contributed by atoms with van der Waals surface area (Å²) in [6.45, 7) is 0. The van der Waals surface area contributed by atoms with E-state index in [1.807, 2.05) is 24.3 Å². The number of methoxy groups -OCH3 is 2. The predicted molar refractivity (Wildman–Crippen MR) is 161 cm³/mol. The van der Waals surface area contributed by atoms with Crippen LogP contribution in [0.25, 0.3) is 43.1 Å². The van der Waals surface area contributed by atoms with Gasteiger partial charge in [-0.2, -0.15) is 8.42 Å². The topological polar surface area (TPSA) is 72.8 Å². The van der Waals surface area contributed by atoms with Gasteiger partial charge in [0, 0.05) is 57.0 Å². The quantitative estimate of drug-likeness (QED) is 0.103. The Bertz CT molecular complexity index is 1870. The predicted octanol–water partition coefficient (Wildman–Crippen LogP) is 7.61. The molecule has 0 aliphatic carbocycles. The van der Waals surface area contributed by atoms with Crippen LogP contribution in [0.2, 0.25) is 0 Å². The Morgan fingerprint density at radius 1 is 0.641 bits per heavy atom. The van der Waals surface area contributed by atoms with Crippen molar-refractivity contribution in [2.45, 2.75) is 10.8 Å². The second kappa shape index (κ2) is 12.1. The molecule has 39 heavy (non-hydrogen) atoms. The van der Waals surface area contributed by atoms with Crippen molar-refractivity contribution in [1.82, 2.24) is 0 Å². The molecule has 1 N–H and O–H groups in total. The van der Waals surface area contributed by atoms with Crippen molar-refractivity contribution < 1.29 is 22.4 Å². The number of benzene rings is 6. The monoisotopic (exact) mass is 567 g/mol. The van der Waals surface area contributed by atoms with E-state index in [0.29, 0.717) is 28.2 Å². The summed E-state index contributed by atoms with van der Waals surface area (Å²) in [5.74, 6) is 1.73. The Labute approximate surface area is 254 Å². The molecule has 0 bridgehead atoms. The Morgan fingerprint density at radius 2 is 1.08 bits per heavy atom. The van der Waals surface area contributed by atoms with E-state index < -0.39 is 10.1 Å². The van der Waals surface area contributed by atoms with Gasteiger partial charge in [-0.05, 0) is 51.4 Å². The fourth-order valence-electron chi connectivity index (χ4n) is 4.93. The fraction of sp³-hybridized carbons (Fsp3) is 0.0968. The molecule has 0 atom stereocenters. The van der Waals surface area contributed by atoms with Crippen LogP contribution in [0.3, 0.4) is 0 Å². The summed E-state index contributed by atoms with van der Waals surface area (Å²) in [6, 6.07) is 30.9. The second-order valence-electron chi connectivity index (χ2n) is 8.73. The van der Waals surface area contributed by atoms with Crippen molar-refractivity contribution in [3.8, 4) is 11.5 Å². The summed E-state index contributed by atoms with van der Waals surface area (Å²) < 4.78 is 43.0. The minimum Gasteiger partial charge on any atom is -0.495 e. The number of fused-ring (bicyclic) bond motifs is 4. The maximum atomic E-state index is 11.4. The third-order valence-electron chi connectivity index (χ3n) is 6.62. The Morgan fingerprint density at radius 3 is 1.54 bits per heavy atom. The van der Waals surface area contributed by atoms with Gasteiger partial charge in [0.1, 0.15) is 11.5 Å². The zero-order valence-corrected chi connectivity index (χ0v) is 25.4. The van der Waals surface area contributed by atoms with E-state index in [2.05, 4.69) is 54.6 Å². The van der Waals surface area contributed by atoms with Crippen molar-refractivity contribution in [1.29, 1.82) is 0 Å². The molecule has 8 heteroatoms. The van der Waals surface area contributed by atoms with Gasteiger partial charge in [0.2, 0.25) is 0 Å². The Balaban J connectivity index is 0.000000184. The number of alkyl halides is 1. The summed E-state index contributed by atoms with van der Waals surface area (Å²) in [5, 5.41) is 8.00. The van der Waals surface area contributed by atoms with Crippen LogP contribution in [-0.4, -0.2) is 56.7 Å². The average molecular weight is 568 g/mol.